The Hall–Kier alpha value is -0.830. The van der Waals surface area contributed by atoms with Gasteiger partial charge in [-0.25, -0.2) is 4.98 Å². The van der Waals surface area contributed by atoms with Crippen molar-refractivity contribution in [2.24, 2.45) is 5.92 Å². The van der Waals surface area contributed by atoms with Gasteiger partial charge in [0.15, 0.2) is 0 Å². The number of anilines is 1. The van der Waals surface area contributed by atoms with Crippen LogP contribution in [0.5, 0.6) is 0 Å². The van der Waals surface area contributed by atoms with Crippen LogP contribution in [0.3, 0.4) is 0 Å². The molecule has 0 spiro atoms. The Bertz CT molecular complexity index is 297. The van der Waals surface area contributed by atoms with E-state index in [-0.39, 0.29) is 0 Å². The molecule has 0 aromatic carbocycles. The van der Waals surface area contributed by atoms with Crippen LogP contribution in [-0.4, -0.2) is 16.0 Å². The van der Waals surface area contributed by atoms with Crippen LogP contribution >= 0.6 is 11.6 Å². The summed E-state index contributed by atoms with van der Waals surface area (Å²) in [6.07, 6.45) is 5.67. The van der Waals surface area contributed by atoms with Crippen LogP contribution in [0.15, 0.2) is 12.4 Å². The molecule has 4 heteroatoms. The number of hydrogen-bond acceptors (Lipinski definition) is 3. The monoisotopic (exact) mass is 197 g/mol. The molecule has 1 N–H and O–H groups in total. The molecule has 0 atom stereocenters. The van der Waals surface area contributed by atoms with Crippen molar-refractivity contribution < 1.29 is 0 Å². The highest BCUT2D eigenvalue weighted by Crippen LogP contribution is 2.28. The molecule has 1 aromatic heterocycles. The lowest BCUT2D eigenvalue weighted by Crippen LogP contribution is -2.34. The normalized spacial score (nSPS) is 26.6. The van der Waals surface area contributed by atoms with Gasteiger partial charge in [-0.3, -0.25) is 4.98 Å². The van der Waals surface area contributed by atoms with Gasteiger partial charge < -0.3 is 5.32 Å². The van der Waals surface area contributed by atoms with Gasteiger partial charge in [0.05, 0.1) is 12.4 Å². The number of hydrogen-bond donors (Lipinski definition) is 1. The Kier molecular flexibility index (Phi) is 2.36. The Morgan fingerprint density at radius 2 is 2.23 bits per heavy atom. The smallest absolute Gasteiger partial charge is 0.149 e. The summed E-state index contributed by atoms with van der Waals surface area (Å²) in [6, 6.07) is 0.558. The minimum Gasteiger partial charge on any atom is -0.366 e. The summed E-state index contributed by atoms with van der Waals surface area (Å²) in [5.41, 5.74) is 0. The van der Waals surface area contributed by atoms with Gasteiger partial charge in [0.25, 0.3) is 0 Å². The maximum atomic E-state index is 5.70. The quantitative estimate of drug-likeness (QED) is 0.791. The molecule has 1 aromatic rings. The van der Waals surface area contributed by atoms with E-state index in [1.54, 1.807) is 6.20 Å². The number of nitrogens with one attached hydrogen (secondary N) is 1. The van der Waals surface area contributed by atoms with E-state index >= 15 is 0 Å². The molecule has 2 rings (SSSR count). The average Bonchev–Trinajstić information content (AvgIpc) is 2.01. The van der Waals surface area contributed by atoms with Crippen molar-refractivity contribution in [3.63, 3.8) is 0 Å². The SMILES string of the molecule is CC1CC(Nc2cncc(Cl)n2)C1. The first kappa shape index (κ1) is 8.75. The predicted octanol–water partition coefficient (Wildman–Crippen LogP) is 2.34. The first-order chi connectivity index (χ1) is 6.24. The lowest BCUT2D eigenvalue weighted by Gasteiger charge is -2.33. The second-order valence-electron chi connectivity index (χ2n) is 3.64. The van der Waals surface area contributed by atoms with Crippen molar-refractivity contribution in [2.45, 2.75) is 25.8 Å². The van der Waals surface area contributed by atoms with Gasteiger partial charge in [-0.2, -0.15) is 0 Å². The molecule has 13 heavy (non-hydrogen) atoms. The van der Waals surface area contributed by atoms with E-state index in [0.717, 1.165) is 11.7 Å². The molecule has 1 saturated carbocycles. The van der Waals surface area contributed by atoms with Crippen molar-refractivity contribution in [1.29, 1.82) is 0 Å². The van der Waals surface area contributed by atoms with Gasteiger partial charge in [0.1, 0.15) is 11.0 Å². The van der Waals surface area contributed by atoms with Gasteiger partial charge >= 0.3 is 0 Å². The van der Waals surface area contributed by atoms with Crippen molar-refractivity contribution >= 4 is 17.4 Å². The average molecular weight is 198 g/mol. The van der Waals surface area contributed by atoms with Crippen LogP contribution in [0.25, 0.3) is 0 Å². The van der Waals surface area contributed by atoms with Crippen LogP contribution < -0.4 is 5.32 Å². The van der Waals surface area contributed by atoms with Gasteiger partial charge in [0.2, 0.25) is 0 Å². The molecule has 1 fully saturated rings. The first-order valence-electron chi connectivity index (χ1n) is 4.48. The Morgan fingerprint density at radius 1 is 1.46 bits per heavy atom. The summed E-state index contributed by atoms with van der Waals surface area (Å²) in [5.74, 6) is 1.62. The van der Waals surface area contributed by atoms with Crippen molar-refractivity contribution in [3.8, 4) is 0 Å². The zero-order valence-electron chi connectivity index (χ0n) is 7.50. The molecule has 70 valence electrons. The van der Waals surface area contributed by atoms with Gasteiger partial charge in [-0.1, -0.05) is 18.5 Å². The van der Waals surface area contributed by atoms with Gasteiger partial charge in [0, 0.05) is 6.04 Å². The van der Waals surface area contributed by atoms with E-state index in [1.807, 2.05) is 0 Å². The van der Waals surface area contributed by atoms with E-state index in [9.17, 15) is 0 Å². The second kappa shape index (κ2) is 3.50. The van der Waals surface area contributed by atoms with Crippen molar-refractivity contribution in [2.75, 3.05) is 5.32 Å². The highest BCUT2D eigenvalue weighted by atomic mass is 35.5. The summed E-state index contributed by atoms with van der Waals surface area (Å²) < 4.78 is 0. The topological polar surface area (TPSA) is 37.8 Å². The van der Waals surface area contributed by atoms with Gasteiger partial charge in [-0.15, -0.1) is 0 Å². The van der Waals surface area contributed by atoms with E-state index in [1.165, 1.54) is 19.0 Å². The number of rotatable bonds is 2. The van der Waals surface area contributed by atoms with E-state index in [4.69, 9.17) is 11.6 Å². The third-order valence-corrected chi connectivity index (χ3v) is 2.51. The summed E-state index contributed by atoms with van der Waals surface area (Å²) in [5, 5.41) is 3.73. The lowest BCUT2D eigenvalue weighted by molar-refractivity contribution is 0.308. The van der Waals surface area contributed by atoms with Crippen molar-refractivity contribution in [3.05, 3.63) is 17.5 Å². The van der Waals surface area contributed by atoms with Crippen LogP contribution in [0.4, 0.5) is 5.82 Å². The predicted molar refractivity (Wildman–Crippen MR) is 52.9 cm³/mol. The van der Waals surface area contributed by atoms with Crippen LogP contribution in [0.2, 0.25) is 5.15 Å². The maximum Gasteiger partial charge on any atom is 0.149 e. The third kappa shape index (κ3) is 2.10. The molecule has 0 bridgehead atoms. The minimum absolute atomic E-state index is 0.442. The highest BCUT2D eigenvalue weighted by molar-refractivity contribution is 6.29. The zero-order valence-corrected chi connectivity index (χ0v) is 8.25. The minimum atomic E-state index is 0.442. The second-order valence-corrected chi connectivity index (χ2v) is 4.03. The summed E-state index contributed by atoms with van der Waals surface area (Å²) in [4.78, 5) is 8.07. The Labute approximate surface area is 82.5 Å². The number of aromatic nitrogens is 2. The summed E-state index contributed by atoms with van der Waals surface area (Å²) in [7, 11) is 0. The molecule has 0 aliphatic heterocycles. The van der Waals surface area contributed by atoms with E-state index in [2.05, 4.69) is 22.2 Å². The Balaban J connectivity index is 1.94. The van der Waals surface area contributed by atoms with E-state index in [0.29, 0.717) is 11.2 Å². The molecule has 0 amide bonds. The van der Waals surface area contributed by atoms with Crippen LogP contribution in [-0.2, 0) is 0 Å². The molecule has 1 aliphatic carbocycles. The van der Waals surface area contributed by atoms with Gasteiger partial charge in [-0.05, 0) is 18.8 Å². The van der Waals surface area contributed by atoms with E-state index < -0.39 is 0 Å². The largest absolute Gasteiger partial charge is 0.366 e. The highest BCUT2D eigenvalue weighted by Gasteiger charge is 2.25. The zero-order chi connectivity index (χ0) is 9.26. The summed E-state index contributed by atoms with van der Waals surface area (Å²) in [6.45, 7) is 2.25. The molecule has 0 saturated heterocycles. The van der Waals surface area contributed by atoms with Crippen LogP contribution in [0.1, 0.15) is 19.8 Å². The summed E-state index contributed by atoms with van der Waals surface area (Å²) >= 11 is 5.70. The first-order valence-corrected chi connectivity index (χ1v) is 4.86. The molecule has 1 aliphatic rings. The molecular weight excluding hydrogens is 186 g/mol. The maximum absolute atomic E-state index is 5.70. The molecule has 1 heterocycles. The fraction of sp³-hybridized carbons (Fsp3) is 0.556. The van der Waals surface area contributed by atoms with Crippen LogP contribution in [0, 0.1) is 5.92 Å². The number of nitrogens with zero attached hydrogens (tertiary/aromatic N) is 2. The Morgan fingerprint density at radius 3 is 2.85 bits per heavy atom. The molecule has 3 nitrogen and oxygen atoms in total. The fourth-order valence-corrected chi connectivity index (χ4v) is 1.79. The standard InChI is InChI=1S/C9H12ClN3/c1-6-2-7(3-6)12-9-5-11-4-8(10)13-9/h4-7H,2-3H2,1H3,(H,12,13). The molecular formula is C9H12ClN3. The number of halogens is 1. The lowest BCUT2D eigenvalue weighted by atomic mass is 9.82. The van der Waals surface area contributed by atoms with Crippen molar-refractivity contribution in [1.82, 2.24) is 9.97 Å². The fourth-order valence-electron chi connectivity index (χ4n) is 1.64. The molecule has 0 unspecified atom stereocenters. The molecule has 0 radical (unpaired) electrons. The third-order valence-electron chi connectivity index (χ3n) is 2.33.